The van der Waals surface area contributed by atoms with E-state index in [-0.39, 0.29) is 17.5 Å². The van der Waals surface area contributed by atoms with Gasteiger partial charge in [-0.25, -0.2) is 4.39 Å². The van der Waals surface area contributed by atoms with Gasteiger partial charge in [-0.05, 0) is 24.3 Å². The first kappa shape index (κ1) is 17.0. The Balaban J connectivity index is 2.01. The predicted octanol–water partition coefficient (Wildman–Crippen LogP) is 2.09. The smallest absolute Gasteiger partial charge is 0.232 e. The van der Waals surface area contributed by atoms with Crippen molar-refractivity contribution in [1.82, 2.24) is 19.7 Å². The highest BCUT2D eigenvalue weighted by Gasteiger charge is 2.14. The Labute approximate surface area is 137 Å². The summed E-state index contributed by atoms with van der Waals surface area (Å²) in [4.78, 5) is 13.5. The maximum atomic E-state index is 13.0. The standard InChI is InChI=1S/C15H16FN5OS/c1-20(9-3-8-17)13(22)10-23-15-19-18-14(21(15)2)11-4-6-12(16)7-5-11/h4-7H,3,9-10H2,1-2H3. The van der Waals surface area contributed by atoms with Gasteiger partial charge < -0.3 is 9.47 Å². The average molecular weight is 333 g/mol. The fourth-order valence-corrected chi connectivity index (χ4v) is 2.72. The summed E-state index contributed by atoms with van der Waals surface area (Å²) >= 11 is 1.28. The normalized spacial score (nSPS) is 10.3. The van der Waals surface area contributed by atoms with E-state index in [1.54, 1.807) is 30.8 Å². The number of nitriles is 1. The molecule has 2 aromatic rings. The number of rotatable bonds is 6. The van der Waals surface area contributed by atoms with Crippen LogP contribution in [-0.4, -0.2) is 44.9 Å². The highest BCUT2D eigenvalue weighted by molar-refractivity contribution is 7.99. The number of aromatic nitrogens is 3. The molecule has 0 N–H and O–H groups in total. The molecule has 120 valence electrons. The molecule has 0 aliphatic rings. The number of carbonyl (C=O) groups is 1. The summed E-state index contributed by atoms with van der Waals surface area (Å²) < 4.78 is 14.7. The second-order valence-electron chi connectivity index (χ2n) is 4.88. The Morgan fingerprint density at radius 2 is 2.09 bits per heavy atom. The number of benzene rings is 1. The van der Waals surface area contributed by atoms with E-state index >= 15 is 0 Å². The zero-order valence-corrected chi connectivity index (χ0v) is 13.7. The number of nitrogens with zero attached hydrogens (tertiary/aromatic N) is 5. The molecule has 8 heteroatoms. The van der Waals surface area contributed by atoms with Crippen LogP contribution < -0.4 is 0 Å². The molecule has 6 nitrogen and oxygen atoms in total. The van der Waals surface area contributed by atoms with Crippen molar-refractivity contribution in [3.63, 3.8) is 0 Å². The SMILES string of the molecule is CN(CCC#N)C(=O)CSc1nnc(-c2ccc(F)cc2)n1C. The zero-order chi connectivity index (χ0) is 16.8. The number of amides is 1. The number of carbonyl (C=O) groups excluding carboxylic acids is 1. The molecule has 0 radical (unpaired) electrons. The molecule has 1 amide bonds. The van der Waals surface area contributed by atoms with E-state index in [4.69, 9.17) is 5.26 Å². The maximum absolute atomic E-state index is 13.0. The van der Waals surface area contributed by atoms with E-state index in [0.29, 0.717) is 23.9 Å². The van der Waals surface area contributed by atoms with Crippen LogP contribution in [0.4, 0.5) is 4.39 Å². The quantitative estimate of drug-likeness (QED) is 0.757. The molecule has 0 atom stereocenters. The van der Waals surface area contributed by atoms with Crippen LogP contribution in [0.15, 0.2) is 29.4 Å². The summed E-state index contributed by atoms with van der Waals surface area (Å²) in [5, 5.41) is 17.3. The average Bonchev–Trinajstić information content (AvgIpc) is 2.92. The molecule has 1 heterocycles. The van der Waals surface area contributed by atoms with Crippen molar-refractivity contribution in [1.29, 1.82) is 5.26 Å². The van der Waals surface area contributed by atoms with Crippen molar-refractivity contribution < 1.29 is 9.18 Å². The van der Waals surface area contributed by atoms with Crippen molar-refractivity contribution in [2.24, 2.45) is 7.05 Å². The lowest BCUT2D eigenvalue weighted by atomic mass is 10.2. The van der Waals surface area contributed by atoms with Crippen LogP contribution in [-0.2, 0) is 11.8 Å². The van der Waals surface area contributed by atoms with E-state index < -0.39 is 0 Å². The van der Waals surface area contributed by atoms with E-state index in [2.05, 4.69) is 10.2 Å². The summed E-state index contributed by atoms with van der Waals surface area (Å²) in [6.45, 7) is 0.412. The van der Waals surface area contributed by atoms with Gasteiger partial charge in [0, 0.05) is 26.2 Å². The van der Waals surface area contributed by atoms with E-state index in [1.807, 2.05) is 6.07 Å². The van der Waals surface area contributed by atoms with Gasteiger partial charge in [-0.1, -0.05) is 11.8 Å². The molecule has 0 unspecified atom stereocenters. The molecule has 23 heavy (non-hydrogen) atoms. The molecular formula is C15H16FN5OS. The minimum absolute atomic E-state index is 0.0726. The molecule has 0 saturated carbocycles. The first-order valence-electron chi connectivity index (χ1n) is 6.92. The van der Waals surface area contributed by atoms with E-state index in [1.165, 1.54) is 28.8 Å². The van der Waals surface area contributed by atoms with E-state index in [9.17, 15) is 9.18 Å². The van der Waals surface area contributed by atoms with Crippen LogP contribution in [0.2, 0.25) is 0 Å². The molecular weight excluding hydrogens is 317 g/mol. The lowest BCUT2D eigenvalue weighted by Gasteiger charge is -2.14. The van der Waals surface area contributed by atoms with Crippen LogP contribution in [0.5, 0.6) is 0 Å². The third-order valence-corrected chi connectivity index (χ3v) is 4.25. The summed E-state index contributed by atoms with van der Waals surface area (Å²) in [5.74, 6) is 0.447. The fourth-order valence-electron chi connectivity index (χ4n) is 1.87. The predicted molar refractivity (Wildman–Crippen MR) is 85.0 cm³/mol. The Morgan fingerprint density at radius 1 is 1.39 bits per heavy atom. The van der Waals surface area contributed by atoms with Crippen molar-refractivity contribution in [2.45, 2.75) is 11.6 Å². The molecule has 2 rings (SSSR count). The van der Waals surface area contributed by atoms with Crippen molar-refractivity contribution in [2.75, 3.05) is 19.3 Å². The summed E-state index contributed by atoms with van der Waals surface area (Å²) in [7, 11) is 3.46. The molecule has 0 saturated heterocycles. The Morgan fingerprint density at radius 3 is 2.74 bits per heavy atom. The topological polar surface area (TPSA) is 74.8 Å². The van der Waals surface area contributed by atoms with Gasteiger partial charge >= 0.3 is 0 Å². The number of hydrogen-bond donors (Lipinski definition) is 0. The van der Waals surface area contributed by atoms with Crippen molar-refractivity contribution >= 4 is 17.7 Å². The van der Waals surface area contributed by atoms with Crippen molar-refractivity contribution in [3.8, 4) is 17.5 Å². The molecule has 0 aliphatic carbocycles. The van der Waals surface area contributed by atoms with Crippen molar-refractivity contribution in [3.05, 3.63) is 30.1 Å². The Bertz CT molecular complexity index is 722. The summed E-state index contributed by atoms with van der Waals surface area (Å²) in [6.07, 6.45) is 0.311. The molecule has 0 bridgehead atoms. The number of thioether (sulfide) groups is 1. The highest BCUT2D eigenvalue weighted by atomic mass is 32.2. The van der Waals surface area contributed by atoms with Crippen LogP contribution in [0.1, 0.15) is 6.42 Å². The maximum Gasteiger partial charge on any atom is 0.232 e. The van der Waals surface area contributed by atoms with Gasteiger partial charge in [0.15, 0.2) is 11.0 Å². The van der Waals surface area contributed by atoms with Crippen LogP contribution >= 0.6 is 11.8 Å². The largest absolute Gasteiger partial charge is 0.344 e. The third kappa shape index (κ3) is 4.29. The first-order valence-corrected chi connectivity index (χ1v) is 7.90. The lowest BCUT2D eigenvalue weighted by molar-refractivity contribution is -0.127. The molecule has 0 spiro atoms. The second-order valence-corrected chi connectivity index (χ2v) is 5.83. The van der Waals surface area contributed by atoms with Gasteiger partial charge in [0.1, 0.15) is 5.82 Å². The van der Waals surface area contributed by atoms with Gasteiger partial charge in [0.2, 0.25) is 5.91 Å². The minimum atomic E-state index is -0.309. The molecule has 0 fully saturated rings. The summed E-state index contributed by atoms with van der Waals surface area (Å²) in [6, 6.07) is 8.01. The van der Waals surface area contributed by atoms with Crippen LogP contribution in [0.25, 0.3) is 11.4 Å². The Kier molecular flexibility index (Phi) is 5.71. The lowest BCUT2D eigenvalue weighted by Crippen LogP contribution is -2.29. The summed E-state index contributed by atoms with van der Waals surface area (Å²) in [5.41, 5.74) is 0.755. The van der Waals surface area contributed by atoms with Gasteiger partial charge in [-0.3, -0.25) is 4.79 Å². The minimum Gasteiger partial charge on any atom is -0.344 e. The number of hydrogen-bond acceptors (Lipinski definition) is 5. The fraction of sp³-hybridized carbons (Fsp3) is 0.333. The highest BCUT2D eigenvalue weighted by Crippen LogP contribution is 2.22. The van der Waals surface area contributed by atoms with Crippen LogP contribution in [0, 0.1) is 17.1 Å². The van der Waals surface area contributed by atoms with Gasteiger partial charge in [0.25, 0.3) is 0 Å². The second kappa shape index (κ2) is 7.74. The molecule has 1 aromatic carbocycles. The van der Waals surface area contributed by atoms with Crippen LogP contribution in [0.3, 0.4) is 0 Å². The molecule has 0 aliphatic heterocycles. The monoisotopic (exact) mass is 333 g/mol. The molecule has 1 aromatic heterocycles. The van der Waals surface area contributed by atoms with Gasteiger partial charge in [-0.15, -0.1) is 10.2 Å². The van der Waals surface area contributed by atoms with Gasteiger partial charge in [0.05, 0.1) is 18.2 Å². The first-order chi connectivity index (χ1) is 11.0. The zero-order valence-electron chi connectivity index (χ0n) is 12.9. The van der Waals surface area contributed by atoms with E-state index in [0.717, 1.165) is 5.56 Å². The third-order valence-electron chi connectivity index (χ3n) is 3.25. The number of halogens is 1. The Hall–Kier alpha value is -2.40. The van der Waals surface area contributed by atoms with Gasteiger partial charge in [-0.2, -0.15) is 5.26 Å².